The third-order valence-corrected chi connectivity index (χ3v) is 3.41. The van der Waals surface area contributed by atoms with Crippen LogP contribution in [0.15, 0.2) is 27.6 Å². The van der Waals surface area contributed by atoms with Crippen molar-refractivity contribution in [1.29, 1.82) is 0 Å². The second kappa shape index (κ2) is 5.67. The predicted octanol–water partition coefficient (Wildman–Crippen LogP) is 0.858. The molecule has 1 aromatic rings. The average molecular weight is 315 g/mol. The summed E-state index contributed by atoms with van der Waals surface area (Å²) in [4.78, 5) is 25.5. The van der Waals surface area contributed by atoms with Crippen LogP contribution in [0.1, 0.15) is 6.92 Å². The SMILES string of the molecule is C[C@H]1COCCN1C(=O)Cn1cc(Br)ccc1=O. The summed E-state index contributed by atoms with van der Waals surface area (Å²) in [5.74, 6) is -0.0500. The van der Waals surface area contributed by atoms with Crippen LogP contribution in [-0.4, -0.2) is 41.2 Å². The van der Waals surface area contributed by atoms with Crippen molar-refractivity contribution in [2.75, 3.05) is 19.8 Å². The first kappa shape index (κ1) is 13.3. The second-order valence-electron chi connectivity index (χ2n) is 4.32. The summed E-state index contributed by atoms with van der Waals surface area (Å²) in [6.07, 6.45) is 1.63. The van der Waals surface area contributed by atoms with Gasteiger partial charge >= 0.3 is 0 Å². The number of morpholine rings is 1. The van der Waals surface area contributed by atoms with Crippen molar-refractivity contribution in [1.82, 2.24) is 9.47 Å². The van der Waals surface area contributed by atoms with Crippen molar-refractivity contribution in [2.24, 2.45) is 0 Å². The van der Waals surface area contributed by atoms with E-state index in [1.54, 1.807) is 17.2 Å². The first-order chi connectivity index (χ1) is 8.58. The maximum atomic E-state index is 12.1. The summed E-state index contributed by atoms with van der Waals surface area (Å²) in [5, 5.41) is 0. The first-order valence-corrected chi connectivity index (χ1v) is 6.60. The van der Waals surface area contributed by atoms with E-state index in [4.69, 9.17) is 4.74 Å². The van der Waals surface area contributed by atoms with Gasteiger partial charge in [0.2, 0.25) is 5.91 Å². The zero-order valence-electron chi connectivity index (χ0n) is 10.1. The van der Waals surface area contributed by atoms with Crippen LogP contribution < -0.4 is 5.56 Å². The molecule has 0 N–H and O–H groups in total. The third-order valence-electron chi connectivity index (χ3n) is 2.94. The molecule has 0 unspecified atom stereocenters. The van der Waals surface area contributed by atoms with Crippen LogP contribution in [0.3, 0.4) is 0 Å². The molecule has 2 rings (SSSR count). The third kappa shape index (κ3) is 3.00. The highest BCUT2D eigenvalue weighted by atomic mass is 79.9. The fourth-order valence-electron chi connectivity index (χ4n) is 1.96. The molecule has 5 nitrogen and oxygen atoms in total. The van der Waals surface area contributed by atoms with E-state index in [0.29, 0.717) is 19.8 Å². The molecular formula is C12H15BrN2O3. The van der Waals surface area contributed by atoms with Crippen molar-refractivity contribution < 1.29 is 9.53 Å². The van der Waals surface area contributed by atoms with E-state index in [9.17, 15) is 9.59 Å². The highest BCUT2D eigenvalue weighted by Gasteiger charge is 2.23. The minimum atomic E-state index is -0.174. The lowest BCUT2D eigenvalue weighted by molar-refractivity contribution is -0.139. The smallest absolute Gasteiger partial charge is 0.251 e. The maximum Gasteiger partial charge on any atom is 0.251 e. The summed E-state index contributed by atoms with van der Waals surface area (Å²) >= 11 is 3.29. The molecule has 0 radical (unpaired) electrons. The monoisotopic (exact) mass is 314 g/mol. The minimum Gasteiger partial charge on any atom is -0.377 e. The van der Waals surface area contributed by atoms with Gasteiger partial charge in [-0.15, -0.1) is 0 Å². The number of ether oxygens (including phenoxy) is 1. The highest BCUT2D eigenvalue weighted by Crippen LogP contribution is 2.08. The van der Waals surface area contributed by atoms with Crippen molar-refractivity contribution in [3.05, 3.63) is 33.2 Å². The van der Waals surface area contributed by atoms with Gasteiger partial charge in [-0.1, -0.05) is 0 Å². The first-order valence-electron chi connectivity index (χ1n) is 5.81. The van der Waals surface area contributed by atoms with Crippen LogP contribution in [0.5, 0.6) is 0 Å². The quantitative estimate of drug-likeness (QED) is 0.813. The summed E-state index contributed by atoms with van der Waals surface area (Å²) in [7, 11) is 0. The van der Waals surface area contributed by atoms with Gasteiger partial charge in [0.1, 0.15) is 6.54 Å². The van der Waals surface area contributed by atoms with Crippen LogP contribution in [0, 0.1) is 0 Å². The maximum absolute atomic E-state index is 12.1. The minimum absolute atomic E-state index is 0.0500. The average Bonchev–Trinajstić information content (AvgIpc) is 2.34. The van der Waals surface area contributed by atoms with Gasteiger partial charge in [0.15, 0.2) is 0 Å². The Balaban J connectivity index is 2.11. The second-order valence-corrected chi connectivity index (χ2v) is 5.24. The molecule has 1 saturated heterocycles. The van der Waals surface area contributed by atoms with E-state index >= 15 is 0 Å². The Morgan fingerprint density at radius 1 is 1.56 bits per heavy atom. The molecule has 2 heterocycles. The normalized spacial score (nSPS) is 19.9. The van der Waals surface area contributed by atoms with Crippen molar-refractivity contribution in [2.45, 2.75) is 19.5 Å². The molecule has 1 aliphatic heterocycles. The Bertz CT molecular complexity index is 500. The molecule has 0 aromatic carbocycles. The molecule has 1 atom stereocenters. The molecule has 18 heavy (non-hydrogen) atoms. The number of pyridine rings is 1. The molecule has 1 fully saturated rings. The van der Waals surface area contributed by atoms with Gasteiger partial charge in [-0.3, -0.25) is 9.59 Å². The summed E-state index contributed by atoms with van der Waals surface area (Å²) in [5.41, 5.74) is -0.174. The van der Waals surface area contributed by atoms with Crippen molar-refractivity contribution >= 4 is 21.8 Å². The number of hydrogen-bond donors (Lipinski definition) is 0. The Labute approximate surface area is 113 Å². The van der Waals surface area contributed by atoms with Gasteiger partial charge in [-0.25, -0.2) is 0 Å². The predicted molar refractivity (Wildman–Crippen MR) is 70.4 cm³/mol. The fourth-order valence-corrected chi connectivity index (χ4v) is 2.34. The van der Waals surface area contributed by atoms with Crippen LogP contribution >= 0.6 is 15.9 Å². The van der Waals surface area contributed by atoms with E-state index < -0.39 is 0 Å². The topological polar surface area (TPSA) is 51.5 Å². The Morgan fingerprint density at radius 3 is 3.06 bits per heavy atom. The lowest BCUT2D eigenvalue weighted by Crippen LogP contribution is -2.48. The molecule has 0 aliphatic carbocycles. The number of halogens is 1. The number of amides is 1. The zero-order chi connectivity index (χ0) is 13.1. The molecule has 0 spiro atoms. The summed E-state index contributed by atoms with van der Waals surface area (Å²) in [6, 6.07) is 3.18. The largest absolute Gasteiger partial charge is 0.377 e. The number of carbonyl (C=O) groups is 1. The van der Waals surface area contributed by atoms with Gasteiger partial charge in [0, 0.05) is 23.3 Å². The lowest BCUT2D eigenvalue weighted by atomic mass is 10.2. The molecule has 1 aliphatic rings. The lowest BCUT2D eigenvalue weighted by Gasteiger charge is -2.33. The van der Waals surface area contributed by atoms with E-state index in [-0.39, 0.29) is 24.1 Å². The molecule has 0 saturated carbocycles. The van der Waals surface area contributed by atoms with Crippen LogP contribution in [-0.2, 0) is 16.1 Å². The molecule has 0 bridgehead atoms. The van der Waals surface area contributed by atoms with Gasteiger partial charge in [-0.2, -0.15) is 0 Å². The van der Waals surface area contributed by atoms with Gasteiger partial charge in [-0.05, 0) is 28.9 Å². The van der Waals surface area contributed by atoms with Gasteiger partial charge < -0.3 is 14.2 Å². The summed E-state index contributed by atoms with van der Waals surface area (Å²) in [6.45, 7) is 3.72. The van der Waals surface area contributed by atoms with E-state index in [2.05, 4.69) is 15.9 Å². The number of nitrogens with zero attached hydrogens (tertiary/aromatic N) is 2. The molecule has 6 heteroatoms. The standard InChI is InChI=1S/C12H15BrN2O3/c1-9-8-18-5-4-15(9)12(17)7-14-6-10(13)2-3-11(14)16/h2-3,6,9H,4-5,7-8H2,1H3/t9-/m0/s1. The van der Waals surface area contributed by atoms with E-state index in [1.807, 2.05) is 6.92 Å². The van der Waals surface area contributed by atoms with Crippen LogP contribution in [0.4, 0.5) is 0 Å². The Kier molecular flexibility index (Phi) is 4.19. The Morgan fingerprint density at radius 2 is 2.33 bits per heavy atom. The Hall–Kier alpha value is -1.14. The fraction of sp³-hybridized carbons (Fsp3) is 0.500. The van der Waals surface area contributed by atoms with Gasteiger partial charge in [0.05, 0.1) is 19.3 Å². The number of hydrogen-bond acceptors (Lipinski definition) is 3. The molecule has 1 amide bonds. The zero-order valence-corrected chi connectivity index (χ0v) is 11.7. The molecule has 1 aromatic heterocycles. The molecular weight excluding hydrogens is 300 g/mol. The van der Waals surface area contributed by atoms with Crippen LogP contribution in [0.25, 0.3) is 0 Å². The van der Waals surface area contributed by atoms with E-state index in [0.717, 1.165) is 4.47 Å². The molecule has 98 valence electrons. The van der Waals surface area contributed by atoms with Crippen molar-refractivity contribution in [3.63, 3.8) is 0 Å². The highest BCUT2D eigenvalue weighted by molar-refractivity contribution is 9.10. The van der Waals surface area contributed by atoms with Crippen molar-refractivity contribution in [3.8, 4) is 0 Å². The summed E-state index contributed by atoms with van der Waals surface area (Å²) < 4.78 is 7.48. The van der Waals surface area contributed by atoms with E-state index in [1.165, 1.54) is 10.6 Å². The number of aromatic nitrogens is 1. The van der Waals surface area contributed by atoms with Gasteiger partial charge in [0.25, 0.3) is 5.56 Å². The van der Waals surface area contributed by atoms with Crippen LogP contribution in [0.2, 0.25) is 0 Å². The number of rotatable bonds is 2. The number of carbonyl (C=O) groups excluding carboxylic acids is 1.